The highest BCUT2D eigenvalue weighted by atomic mass is 32.1. The molecule has 0 spiro atoms. The van der Waals surface area contributed by atoms with E-state index >= 15 is 0 Å². The first kappa shape index (κ1) is 23.2. The number of amides is 1. The number of nitrogens with one attached hydrogen (secondary N) is 1. The molecule has 180 valence electrons. The third-order valence-electron chi connectivity index (χ3n) is 6.25. The summed E-state index contributed by atoms with van der Waals surface area (Å²) in [5, 5.41) is 10.2. The maximum Gasteiger partial charge on any atom is 0.251 e. The second kappa shape index (κ2) is 9.97. The molecule has 2 aromatic heterocycles. The maximum atomic E-state index is 13.3. The normalized spacial score (nSPS) is 15.0. The molecule has 4 aromatic rings. The van der Waals surface area contributed by atoms with Crippen molar-refractivity contribution in [1.29, 1.82) is 0 Å². The van der Waals surface area contributed by atoms with Crippen LogP contribution >= 0.6 is 11.3 Å². The van der Waals surface area contributed by atoms with Crippen molar-refractivity contribution in [2.75, 3.05) is 26.9 Å². The molecule has 0 atom stereocenters. The molecule has 0 radical (unpaired) electrons. The van der Waals surface area contributed by atoms with Crippen molar-refractivity contribution < 1.29 is 18.8 Å². The first-order chi connectivity index (χ1) is 17.1. The molecule has 3 heterocycles. The minimum absolute atomic E-state index is 0.198. The number of carbonyl (C=O) groups is 1. The topological polar surface area (TPSA) is 99.4 Å². The van der Waals surface area contributed by atoms with E-state index in [1.807, 2.05) is 18.2 Å². The molecule has 0 bridgehead atoms. The van der Waals surface area contributed by atoms with Gasteiger partial charge in [-0.15, -0.1) is 11.3 Å². The maximum absolute atomic E-state index is 13.3. The second-order valence-corrected chi connectivity index (χ2v) is 9.42. The molecule has 1 aliphatic heterocycles. The number of methoxy groups -OCH3 is 1. The third kappa shape index (κ3) is 4.96. The van der Waals surface area contributed by atoms with Crippen LogP contribution < -0.4 is 10.1 Å². The Morgan fingerprint density at radius 2 is 1.91 bits per heavy atom. The summed E-state index contributed by atoms with van der Waals surface area (Å²) >= 11 is 1.64. The number of aromatic nitrogens is 3. The molecule has 0 unspecified atom stereocenters. The van der Waals surface area contributed by atoms with Crippen molar-refractivity contribution in [3.8, 4) is 28.4 Å². The Kier molecular flexibility index (Phi) is 6.61. The van der Waals surface area contributed by atoms with E-state index in [1.165, 1.54) is 0 Å². The van der Waals surface area contributed by atoms with Gasteiger partial charge in [0.1, 0.15) is 10.8 Å². The lowest BCUT2D eigenvalue weighted by atomic mass is 9.80. The van der Waals surface area contributed by atoms with E-state index < -0.39 is 0 Å². The van der Waals surface area contributed by atoms with Crippen molar-refractivity contribution in [1.82, 2.24) is 20.4 Å². The first-order valence-electron chi connectivity index (χ1n) is 11.4. The number of benzene rings is 2. The van der Waals surface area contributed by atoms with Crippen LogP contribution in [0.5, 0.6) is 5.75 Å². The molecular formula is C26H26N4O4S. The molecule has 0 aliphatic carbocycles. The quantitative estimate of drug-likeness (QED) is 0.402. The van der Waals surface area contributed by atoms with Crippen LogP contribution in [0, 0.1) is 6.92 Å². The fraction of sp³-hybridized carbons (Fsp3) is 0.308. The summed E-state index contributed by atoms with van der Waals surface area (Å²) in [6, 6.07) is 15.4. The van der Waals surface area contributed by atoms with Crippen LogP contribution in [0.15, 0.2) is 58.4 Å². The average molecular weight is 491 g/mol. The monoisotopic (exact) mass is 490 g/mol. The summed E-state index contributed by atoms with van der Waals surface area (Å²) < 4.78 is 16.2. The number of aryl methyl sites for hydroxylation is 1. The molecule has 1 aliphatic rings. The zero-order valence-electron chi connectivity index (χ0n) is 19.6. The Bertz CT molecular complexity index is 1310. The molecule has 35 heavy (non-hydrogen) atoms. The number of thiazole rings is 1. The van der Waals surface area contributed by atoms with Gasteiger partial charge in [-0.25, -0.2) is 4.98 Å². The summed E-state index contributed by atoms with van der Waals surface area (Å²) in [6.45, 7) is 3.46. The molecule has 1 saturated heterocycles. The van der Waals surface area contributed by atoms with E-state index in [2.05, 4.69) is 33.0 Å². The van der Waals surface area contributed by atoms with E-state index in [0.29, 0.717) is 48.4 Å². The molecule has 1 fully saturated rings. The number of rotatable bonds is 7. The van der Waals surface area contributed by atoms with Gasteiger partial charge in [0.05, 0.1) is 12.8 Å². The molecule has 1 amide bonds. The van der Waals surface area contributed by atoms with Crippen LogP contribution in [0.3, 0.4) is 0 Å². The van der Waals surface area contributed by atoms with Crippen molar-refractivity contribution in [2.45, 2.75) is 25.2 Å². The van der Waals surface area contributed by atoms with Gasteiger partial charge < -0.3 is 19.3 Å². The molecule has 1 N–H and O–H groups in total. The Balaban J connectivity index is 1.38. The smallest absolute Gasteiger partial charge is 0.251 e. The Hall–Kier alpha value is -3.56. The molecule has 5 rings (SSSR count). The average Bonchev–Trinajstić information content (AvgIpc) is 3.58. The van der Waals surface area contributed by atoms with Crippen LogP contribution in [0.25, 0.3) is 22.6 Å². The predicted molar refractivity (Wildman–Crippen MR) is 133 cm³/mol. The van der Waals surface area contributed by atoms with Gasteiger partial charge in [-0.05, 0) is 31.0 Å². The van der Waals surface area contributed by atoms with Crippen molar-refractivity contribution in [3.63, 3.8) is 0 Å². The SMILES string of the molecule is COc1cc(C(=O)NCC2(c3nc(-c4ccccc4)cs3)CCOCC2)cc(-c2noc(C)n2)c1. The lowest BCUT2D eigenvalue weighted by Gasteiger charge is -2.35. The number of carbonyl (C=O) groups excluding carboxylic acids is 1. The Labute approximate surface area is 207 Å². The Morgan fingerprint density at radius 1 is 1.11 bits per heavy atom. The van der Waals surface area contributed by atoms with E-state index in [4.69, 9.17) is 19.0 Å². The number of hydrogen-bond acceptors (Lipinski definition) is 8. The van der Waals surface area contributed by atoms with E-state index in [0.717, 1.165) is 29.1 Å². The van der Waals surface area contributed by atoms with E-state index in [1.54, 1.807) is 43.6 Å². The standard InChI is InChI=1S/C26H26N4O4S/c1-17-28-23(30-34-17)19-12-20(14-21(13-19)32-2)24(31)27-16-26(8-10-33-11-9-26)25-29-22(15-35-25)18-6-4-3-5-7-18/h3-7,12-15H,8-11,16H2,1-2H3,(H,27,31). The van der Waals surface area contributed by atoms with Crippen LogP contribution in [0.2, 0.25) is 0 Å². The molecule has 0 saturated carbocycles. The van der Waals surface area contributed by atoms with Gasteiger partial charge in [0.2, 0.25) is 11.7 Å². The molecule has 8 nitrogen and oxygen atoms in total. The summed E-state index contributed by atoms with van der Waals surface area (Å²) in [5.41, 5.74) is 2.88. The first-order valence-corrected chi connectivity index (χ1v) is 12.3. The molecule has 9 heteroatoms. The fourth-order valence-electron chi connectivity index (χ4n) is 4.23. The van der Waals surface area contributed by atoms with Crippen LogP contribution in [0.1, 0.15) is 34.1 Å². The number of ether oxygens (including phenoxy) is 2. The van der Waals surface area contributed by atoms with Gasteiger partial charge in [-0.1, -0.05) is 35.5 Å². The molecule has 2 aromatic carbocycles. The highest BCUT2D eigenvalue weighted by Gasteiger charge is 2.38. The fourth-order valence-corrected chi connectivity index (χ4v) is 5.32. The lowest BCUT2D eigenvalue weighted by molar-refractivity contribution is 0.0486. The Morgan fingerprint density at radius 3 is 2.63 bits per heavy atom. The van der Waals surface area contributed by atoms with Crippen molar-refractivity contribution >= 4 is 17.2 Å². The summed E-state index contributed by atoms with van der Waals surface area (Å²) in [6.07, 6.45) is 1.58. The predicted octanol–water partition coefficient (Wildman–Crippen LogP) is 4.66. The zero-order valence-corrected chi connectivity index (χ0v) is 20.4. The summed E-state index contributed by atoms with van der Waals surface area (Å²) in [5.74, 6) is 1.21. The number of hydrogen-bond donors (Lipinski definition) is 1. The van der Waals surface area contributed by atoms with Gasteiger partial charge in [0, 0.05) is 54.2 Å². The molecular weight excluding hydrogens is 464 g/mol. The number of nitrogens with zero attached hydrogens (tertiary/aromatic N) is 3. The van der Waals surface area contributed by atoms with Gasteiger partial charge >= 0.3 is 0 Å². The largest absolute Gasteiger partial charge is 0.497 e. The van der Waals surface area contributed by atoms with Crippen LogP contribution in [-0.2, 0) is 10.2 Å². The van der Waals surface area contributed by atoms with Gasteiger partial charge in [-0.3, -0.25) is 4.79 Å². The van der Waals surface area contributed by atoms with Crippen LogP contribution in [0.4, 0.5) is 0 Å². The lowest BCUT2D eigenvalue weighted by Crippen LogP contribution is -2.44. The van der Waals surface area contributed by atoms with Gasteiger partial charge in [-0.2, -0.15) is 4.98 Å². The van der Waals surface area contributed by atoms with E-state index in [9.17, 15) is 4.79 Å². The van der Waals surface area contributed by atoms with Crippen molar-refractivity contribution in [3.05, 3.63) is 70.4 Å². The van der Waals surface area contributed by atoms with Crippen molar-refractivity contribution in [2.24, 2.45) is 0 Å². The zero-order chi connectivity index (χ0) is 24.3. The summed E-state index contributed by atoms with van der Waals surface area (Å²) in [7, 11) is 1.56. The second-order valence-electron chi connectivity index (χ2n) is 8.57. The highest BCUT2D eigenvalue weighted by Crippen LogP contribution is 2.38. The van der Waals surface area contributed by atoms with Gasteiger partial charge in [0.25, 0.3) is 5.91 Å². The summed E-state index contributed by atoms with van der Waals surface area (Å²) in [4.78, 5) is 22.5. The van der Waals surface area contributed by atoms with E-state index in [-0.39, 0.29) is 11.3 Å². The minimum atomic E-state index is -0.280. The van der Waals surface area contributed by atoms with Crippen LogP contribution in [-0.4, -0.2) is 47.9 Å². The minimum Gasteiger partial charge on any atom is -0.497 e. The highest BCUT2D eigenvalue weighted by molar-refractivity contribution is 7.10. The van der Waals surface area contributed by atoms with Gasteiger partial charge in [0.15, 0.2) is 0 Å². The third-order valence-corrected chi connectivity index (χ3v) is 7.34.